The average Bonchev–Trinajstić information content (AvgIpc) is 4.14. The molecule has 0 unspecified atom stereocenters. The van der Waals surface area contributed by atoms with Crippen LogP contribution in [0.2, 0.25) is 0 Å². The number of benzene rings is 8. The van der Waals surface area contributed by atoms with Crippen molar-refractivity contribution in [2.75, 3.05) is 0 Å². The van der Waals surface area contributed by atoms with Crippen LogP contribution >= 0.6 is 0 Å². The highest BCUT2D eigenvalue weighted by Crippen LogP contribution is 2.46. The van der Waals surface area contributed by atoms with Gasteiger partial charge in [0.15, 0.2) is 0 Å². The second-order valence-corrected chi connectivity index (χ2v) is 19.2. The van der Waals surface area contributed by atoms with E-state index in [1.54, 1.807) is 0 Å². The molecule has 0 saturated carbocycles. The molecule has 0 spiro atoms. The first-order valence-electron chi connectivity index (χ1n) is 24.7. The Labute approximate surface area is 414 Å². The van der Waals surface area contributed by atoms with Crippen molar-refractivity contribution >= 4 is 43.6 Å². The van der Waals surface area contributed by atoms with Gasteiger partial charge in [0.1, 0.15) is 24.7 Å². The molecule has 0 amide bonds. The average molecular weight is 925 g/mol. The molecule has 12 aromatic rings. The summed E-state index contributed by atoms with van der Waals surface area (Å²) in [6, 6.07) is 69.1. The predicted molar refractivity (Wildman–Crippen MR) is 291 cm³/mol. The second-order valence-electron chi connectivity index (χ2n) is 19.2. The van der Waals surface area contributed by atoms with Crippen molar-refractivity contribution in [3.63, 3.8) is 0 Å². The minimum atomic E-state index is -0.191. The first-order valence-corrected chi connectivity index (χ1v) is 24.7. The van der Waals surface area contributed by atoms with Gasteiger partial charge in [0, 0.05) is 77.5 Å². The van der Waals surface area contributed by atoms with Crippen molar-refractivity contribution in [1.29, 1.82) is 0 Å². The van der Waals surface area contributed by atoms with Gasteiger partial charge in [-0.15, -0.1) is 0 Å². The molecular weight excluding hydrogens is 869 g/mol. The van der Waals surface area contributed by atoms with Crippen LogP contribution in [0, 0.1) is 27.7 Å². The monoisotopic (exact) mass is 924 g/mol. The fourth-order valence-corrected chi connectivity index (χ4v) is 11.1. The van der Waals surface area contributed by atoms with E-state index in [1.807, 2.05) is 0 Å². The Bertz CT molecular complexity index is 3460. The molecule has 0 saturated heterocycles. The zero-order valence-electron chi connectivity index (χ0n) is 40.6. The lowest BCUT2D eigenvalue weighted by Gasteiger charge is -2.24. The molecule has 4 aromatic heterocycles. The van der Waals surface area contributed by atoms with Crippen LogP contribution in [-0.2, 0) is 19.6 Å². The molecule has 348 valence electrons. The van der Waals surface area contributed by atoms with Crippen LogP contribution in [0.25, 0.3) is 43.6 Å². The van der Waals surface area contributed by atoms with Crippen molar-refractivity contribution in [2.45, 2.75) is 59.2 Å². The normalized spacial score (nSPS) is 11.8. The summed E-state index contributed by atoms with van der Waals surface area (Å²) in [6.07, 6.45) is 0.687. The third-order valence-corrected chi connectivity index (χ3v) is 14.8. The van der Waals surface area contributed by atoms with Gasteiger partial charge < -0.3 is 29.4 Å². The summed E-state index contributed by atoms with van der Waals surface area (Å²) in [5.41, 5.74) is 20.8. The molecule has 0 fully saturated rings. The van der Waals surface area contributed by atoms with E-state index in [0.29, 0.717) is 19.6 Å². The summed E-state index contributed by atoms with van der Waals surface area (Å²) in [4.78, 5) is 15.7. The van der Waals surface area contributed by atoms with Crippen LogP contribution < -0.4 is 9.47 Å². The Balaban J connectivity index is 1.03. The van der Waals surface area contributed by atoms with Crippen LogP contribution in [0.15, 0.2) is 194 Å². The van der Waals surface area contributed by atoms with Crippen molar-refractivity contribution in [1.82, 2.24) is 19.9 Å². The minimum absolute atomic E-state index is 0.191. The first-order chi connectivity index (χ1) is 34.9. The summed E-state index contributed by atoms with van der Waals surface area (Å²) >= 11 is 0. The van der Waals surface area contributed by atoms with Gasteiger partial charge in [0.25, 0.3) is 0 Å². The van der Waals surface area contributed by atoms with Crippen molar-refractivity contribution in [3.05, 3.63) is 273 Å². The number of fused-ring (bicyclic) bond motifs is 4. The van der Waals surface area contributed by atoms with Gasteiger partial charge in [-0.1, -0.05) is 158 Å². The topological polar surface area (TPSA) is 81.6 Å². The highest BCUT2D eigenvalue weighted by atomic mass is 16.5. The second kappa shape index (κ2) is 18.4. The van der Waals surface area contributed by atoms with E-state index in [0.717, 1.165) is 78.6 Å². The number of aromatic nitrogens is 4. The minimum Gasteiger partial charge on any atom is -0.489 e. The zero-order valence-corrected chi connectivity index (χ0v) is 40.6. The predicted octanol–water partition coefficient (Wildman–Crippen LogP) is 16.0. The molecule has 0 aliphatic rings. The Morgan fingerprint density at radius 2 is 0.620 bits per heavy atom. The Morgan fingerprint density at radius 3 is 0.930 bits per heavy atom. The molecule has 6 heteroatoms. The summed E-state index contributed by atoms with van der Waals surface area (Å²) in [7, 11) is 0. The van der Waals surface area contributed by atoms with Gasteiger partial charge in [0.2, 0.25) is 0 Å². The standard InChI is InChI=1S/C65H56N4O2/c1-40-48-23-11-15-27-54(48)66-62(40)60(63-41(2)49-24-12-16-28-55(49)67-63)52-36-46(31-33-58(52)70-38-44-19-7-5-8-20-44)35-47-32-34-59(71-39-45-21-9-6-10-22-45)53(37-47)61(64-42(3)50-25-13-17-29-56(50)68-64)65-43(4)51-26-14-18-30-57(51)69-65/h5-34,36-37,60-61,66-69H,35,38-39H2,1-4H3. The number of aromatic amines is 4. The molecule has 0 aliphatic heterocycles. The van der Waals surface area contributed by atoms with Crippen LogP contribution in [-0.4, -0.2) is 19.9 Å². The summed E-state index contributed by atoms with van der Waals surface area (Å²) in [6.45, 7) is 9.89. The fraction of sp³-hybridized carbons (Fsp3) is 0.138. The number of nitrogens with one attached hydrogen (secondary N) is 4. The third-order valence-electron chi connectivity index (χ3n) is 14.8. The number of rotatable bonds is 14. The number of para-hydroxylation sites is 4. The Kier molecular flexibility index (Phi) is 11.4. The smallest absolute Gasteiger partial charge is 0.124 e. The van der Waals surface area contributed by atoms with E-state index in [1.165, 1.54) is 54.9 Å². The molecule has 8 aromatic carbocycles. The molecule has 0 atom stereocenters. The number of H-pyrrole nitrogens is 4. The van der Waals surface area contributed by atoms with Crippen molar-refractivity contribution < 1.29 is 9.47 Å². The largest absolute Gasteiger partial charge is 0.489 e. The quantitative estimate of drug-likeness (QED) is 0.0876. The highest BCUT2D eigenvalue weighted by molar-refractivity contribution is 5.89. The molecule has 12 rings (SSSR count). The van der Waals surface area contributed by atoms with Gasteiger partial charge in [-0.05, 0) is 115 Å². The molecule has 4 N–H and O–H groups in total. The van der Waals surface area contributed by atoms with E-state index in [2.05, 4.69) is 242 Å². The molecule has 0 bridgehead atoms. The number of aryl methyl sites for hydroxylation is 4. The summed E-state index contributed by atoms with van der Waals surface area (Å²) in [5, 5.41) is 4.87. The molecule has 0 radical (unpaired) electrons. The van der Waals surface area contributed by atoms with Crippen LogP contribution in [0.5, 0.6) is 11.5 Å². The molecule has 4 heterocycles. The number of hydrogen-bond donors (Lipinski definition) is 4. The van der Waals surface area contributed by atoms with Gasteiger partial charge >= 0.3 is 0 Å². The summed E-state index contributed by atoms with van der Waals surface area (Å²) in [5.74, 6) is 1.33. The highest BCUT2D eigenvalue weighted by Gasteiger charge is 2.31. The van der Waals surface area contributed by atoms with Crippen molar-refractivity contribution in [2.24, 2.45) is 0 Å². The summed E-state index contributed by atoms with van der Waals surface area (Å²) < 4.78 is 13.9. The van der Waals surface area contributed by atoms with E-state index < -0.39 is 0 Å². The zero-order chi connectivity index (χ0) is 48.0. The molecule has 0 aliphatic carbocycles. The lowest BCUT2D eigenvalue weighted by molar-refractivity contribution is 0.302. The fourth-order valence-electron chi connectivity index (χ4n) is 11.1. The first kappa shape index (κ1) is 43.8. The van der Waals surface area contributed by atoms with E-state index in [-0.39, 0.29) is 11.8 Å². The number of hydrogen-bond acceptors (Lipinski definition) is 2. The van der Waals surface area contributed by atoms with Crippen molar-refractivity contribution in [3.8, 4) is 11.5 Å². The maximum Gasteiger partial charge on any atom is 0.124 e. The Morgan fingerprint density at radius 1 is 0.324 bits per heavy atom. The molecular formula is C65H56N4O2. The molecule has 6 nitrogen and oxygen atoms in total. The van der Waals surface area contributed by atoms with Crippen LogP contribution in [0.4, 0.5) is 0 Å². The SMILES string of the molecule is Cc1c(C(c2cc(Cc3ccc(OCc4ccccc4)c(C(c4[nH]c5ccccc5c4C)c4[nH]c5ccccc5c4C)c3)ccc2OCc2ccccc2)c2[nH]c3ccccc3c2C)[nH]c2ccccc12. The third kappa shape index (κ3) is 8.15. The van der Waals surface area contributed by atoms with E-state index in [4.69, 9.17) is 9.47 Å². The lowest BCUT2D eigenvalue weighted by Crippen LogP contribution is -2.11. The maximum atomic E-state index is 6.93. The van der Waals surface area contributed by atoms with Crippen LogP contribution in [0.3, 0.4) is 0 Å². The van der Waals surface area contributed by atoms with E-state index in [9.17, 15) is 0 Å². The number of ether oxygens (including phenoxy) is 2. The maximum absolute atomic E-state index is 6.93. The van der Waals surface area contributed by atoms with Gasteiger partial charge in [0.05, 0.1) is 11.8 Å². The Hall–Kier alpha value is -8.48. The van der Waals surface area contributed by atoms with E-state index >= 15 is 0 Å². The lowest BCUT2D eigenvalue weighted by atomic mass is 9.85. The van der Waals surface area contributed by atoms with Gasteiger partial charge in [-0.25, -0.2) is 0 Å². The molecule has 71 heavy (non-hydrogen) atoms. The van der Waals surface area contributed by atoms with Crippen LogP contribution in [0.1, 0.15) is 90.2 Å². The van der Waals surface area contributed by atoms with Gasteiger partial charge in [-0.3, -0.25) is 0 Å². The van der Waals surface area contributed by atoms with Gasteiger partial charge in [-0.2, -0.15) is 0 Å².